The highest BCUT2D eigenvalue weighted by atomic mass is 32.2. The Labute approximate surface area is 134 Å². The van der Waals surface area contributed by atoms with Crippen LogP contribution in [0.2, 0.25) is 0 Å². The van der Waals surface area contributed by atoms with Gasteiger partial charge in [0.15, 0.2) is 16.6 Å². The molecule has 1 aromatic rings. The van der Waals surface area contributed by atoms with Gasteiger partial charge in [-0.3, -0.25) is 4.79 Å². The standard InChI is InChI=1S/C14H22N2O3S2/c1-6-19-13(18)11-12(10(3)17)21-14(15-11)16(4)9(2)7-8-20-5/h9H,6-8H2,1-5H3. The molecule has 1 rings (SSSR count). The number of Topliss-reactive ketones (excluding diaryl/α,β-unsaturated/α-hetero) is 1. The Hall–Kier alpha value is -1.08. The fourth-order valence-corrected chi connectivity index (χ4v) is 3.30. The first-order valence-corrected chi connectivity index (χ1v) is 9.04. The Bertz CT molecular complexity index is 502. The number of esters is 1. The number of aromatic nitrogens is 1. The minimum absolute atomic E-state index is 0.133. The van der Waals surface area contributed by atoms with Crippen LogP contribution >= 0.6 is 23.1 Å². The summed E-state index contributed by atoms with van der Waals surface area (Å²) in [6.45, 7) is 5.55. The summed E-state index contributed by atoms with van der Waals surface area (Å²) in [4.78, 5) is 30.3. The normalized spacial score (nSPS) is 12.0. The van der Waals surface area contributed by atoms with Gasteiger partial charge in [-0.2, -0.15) is 11.8 Å². The van der Waals surface area contributed by atoms with Gasteiger partial charge in [0.1, 0.15) is 4.88 Å². The molecular formula is C14H22N2O3S2. The SMILES string of the molecule is CCOC(=O)c1nc(N(C)C(C)CCSC)sc1C(C)=O. The van der Waals surface area contributed by atoms with E-state index in [0.29, 0.717) is 16.1 Å². The Morgan fingerprint density at radius 1 is 1.48 bits per heavy atom. The summed E-state index contributed by atoms with van der Waals surface area (Å²) in [7, 11) is 1.93. The average molecular weight is 330 g/mol. The zero-order valence-corrected chi connectivity index (χ0v) is 14.8. The smallest absolute Gasteiger partial charge is 0.358 e. The number of ketones is 1. The summed E-state index contributed by atoms with van der Waals surface area (Å²) in [6, 6.07) is 0.290. The van der Waals surface area contributed by atoms with Crippen LogP contribution in [0.4, 0.5) is 5.13 Å². The summed E-state index contributed by atoms with van der Waals surface area (Å²) in [6.07, 6.45) is 3.09. The molecule has 1 unspecified atom stereocenters. The Kier molecular flexibility index (Phi) is 7.17. The second-order valence-electron chi connectivity index (χ2n) is 4.69. The maximum Gasteiger partial charge on any atom is 0.358 e. The molecule has 0 amide bonds. The highest BCUT2D eigenvalue weighted by Crippen LogP contribution is 2.28. The van der Waals surface area contributed by atoms with E-state index >= 15 is 0 Å². The first-order valence-electron chi connectivity index (χ1n) is 6.83. The highest BCUT2D eigenvalue weighted by Gasteiger charge is 2.24. The number of nitrogens with zero attached hydrogens (tertiary/aromatic N) is 2. The molecule has 0 saturated heterocycles. The summed E-state index contributed by atoms with van der Waals surface area (Å²) < 4.78 is 4.97. The van der Waals surface area contributed by atoms with Crippen LogP contribution in [0.25, 0.3) is 0 Å². The fraction of sp³-hybridized carbons (Fsp3) is 0.643. The fourth-order valence-electron chi connectivity index (χ4n) is 1.71. The quantitative estimate of drug-likeness (QED) is 0.539. The lowest BCUT2D eigenvalue weighted by atomic mass is 10.2. The summed E-state index contributed by atoms with van der Waals surface area (Å²) in [5.41, 5.74) is 0.133. The van der Waals surface area contributed by atoms with Gasteiger partial charge >= 0.3 is 5.97 Å². The Balaban J connectivity index is 3.01. The van der Waals surface area contributed by atoms with E-state index in [0.717, 1.165) is 12.2 Å². The van der Waals surface area contributed by atoms with Crippen LogP contribution in [0.5, 0.6) is 0 Å². The van der Waals surface area contributed by atoms with Crippen molar-refractivity contribution in [3.05, 3.63) is 10.6 Å². The minimum Gasteiger partial charge on any atom is -0.461 e. The van der Waals surface area contributed by atoms with Crippen molar-refractivity contribution < 1.29 is 14.3 Å². The van der Waals surface area contributed by atoms with Gasteiger partial charge in [-0.25, -0.2) is 9.78 Å². The molecule has 0 N–H and O–H groups in total. The third-order valence-electron chi connectivity index (χ3n) is 3.11. The predicted molar refractivity (Wildman–Crippen MR) is 88.9 cm³/mol. The van der Waals surface area contributed by atoms with Crippen molar-refractivity contribution >= 4 is 40.0 Å². The Morgan fingerprint density at radius 2 is 2.14 bits per heavy atom. The minimum atomic E-state index is -0.532. The first kappa shape index (κ1) is 18.0. The molecule has 0 aromatic carbocycles. The van der Waals surface area contributed by atoms with E-state index in [1.54, 1.807) is 18.7 Å². The van der Waals surface area contributed by atoms with Crippen LogP contribution in [-0.4, -0.2) is 48.4 Å². The monoisotopic (exact) mass is 330 g/mol. The molecule has 1 heterocycles. The number of carbonyl (C=O) groups is 2. The molecule has 21 heavy (non-hydrogen) atoms. The van der Waals surface area contributed by atoms with Crippen molar-refractivity contribution in [1.82, 2.24) is 4.98 Å². The van der Waals surface area contributed by atoms with Crippen molar-refractivity contribution in [2.45, 2.75) is 33.2 Å². The molecule has 0 saturated carbocycles. The molecular weight excluding hydrogens is 308 g/mol. The Morgan fingerprint density at radius 3 is 2.67 bits per heavy atom. The average Bonchev–Trinajstić information content (AvgIpc) is 2.89. The zero-order valence-electron chi connectivity index (χ0n) is 13.1. The molecule has 0 aliphatic heterocycles. The number of thioether (sulfide) groups is 1. The van der Waals surface area contributed by atoms with E-state index in [1.165, 1.54) is 18.3 Å². The molecule has 0 spiro atoms. The molecule has 118 valence electrons. The number of thiazole rings is 1. The molecule has 7 heteroatoms. The van der Waals surface area contributed by atoms with E-state index in [-0.39, 0.29) is 18.1 Å². The van der Waals surface area contributed by atoms with Gasteiger partial charge in [0.05, 0.1) is 6.61 Å². The molecule has 1 aromatic heterocycles. The molecule has 5 nitrogen and oxygen atoms in total. The van der Waals surface area contributed by atoms with E-state index in [2.05, 4.69) is 18.2 Å². The first-order chi connectivity index (χ1) is 9.92. The number of hydrogen-bond donors (Lipinski definition) is 0. The van der Waals surface area contributed by atoms with Crippen LogP contribution in [0.15, 0.2) is 0 Å². The van der Waals surface area contributed by atoms with Crippen molar-refractivity contribution in [2.24, 2.45) is 0 Å². The van der Waals surface area contributed by atoms with E-state index < -0.39 is 5.97 Å². The number of rotatable bonds is 8. The number of ether oxygens (including phenoxy) is 1. The number of anilines is 1. The van der Waals surface area contributed by atoms with Gasteiger partial charge in [-0.15, -0.1) is 0 Å². The lowest BCUT2D eigenvalue weighted by molar-refractivity contribution is 0.0517. The van der Waals surface area contributed by atoms with E-state index in [9.17, 15) is 9.59 Å². The van der Waals surface area contributed by atoms with Gasteiger partial charge in [0.2, 0.25) is 0 Å². The van der Waals surface area contributed by atoms with Crippen LogP contribution in [-0.2, 0) is 4.74 Å². The second kappa shape index (κ2) is 8.38. The van der Waals surface area contributed by atoms with Crippen molar-refractivity contribution in [2.75, 3.05) is 30.6 Å². The molecule has 0 aliphatic carbocycles. The van der Waals surface area contributed by atoms with E-state index in [1.807, 2.05) is 11.9 Å². The van der Waals surface area contributed by atoms with Gasteiger partial charge in [0, 0.05) is 20.0 Å². The second-order valence-corrected chi connectivity index (χ2v) is 6.66. The van der Waals surface area contributed by atoms with Gasteiger partial charge in [-0.05, 0) is 32.3 Å². The van der Waals surface area contributed by atoms with Crippen molar-refractivity contribution in [3.63, 3.8) is 0 Å². The van der Waals surface area contributed by atoms with Crippen LogP contribution < -0.4 is 4.90 Å². The molecule has 0 radical (unpaired) electrons. The predicted octanol–water partition coefficient (Wildman–Crippen LogP) is 3.10. The molecule has 1 atom stereocenters. The number of carbonyl (C=O) groups excluding carboxylic acids is 2. The third-order valence-corrected chi connectivity index (χ3v) is 5.00. The van der Waals surface area contributed by atoms with Crippen LogP contribution in [0, 0.1) is 0 Å². The molecule has 0 aliphatic rings. The van der Waals surface area contributed by atoms with Crippen LogP contribution in [0.3, 0.4) is 0 Å². The highest BCUT2D eigenvalue weighted by molar-refractivity contribution is 7.98. The van der Waals surface area contributed by atoms with Crippen LogP contribution in [0.1, 0.15) is 47.4 Å². The zero-order chi connectivity index (χ0) is 16.0. The van der Waals surface area contributed by atoms with Gasteiger partial charge < -0.3 is 9.64 Å². The third kappa shape index (κ3) is 4.71. The number of hydrogen-bond acceptors (Lipinski definition) is 7. The van der Waals surface area contributed by atoms with Crippen molar-refractivity contribution in [1.29, 1.82) is 0 Å². The largest absolute Gasteiger partial charge is 0.461 e. The maximum absolute atomic E-state index is 11.9. The van der Waals surface area contributed by atoms with Crippen molar-refractivity contribution in [3.8, 4) is 0 Å². The van der Waals surface area contributed by atoms with Gasteiger partial charge in [-0.1, -0.05) is 11.3 Å². The lowest BCUT2D eigenvalue weighted by Gasteiger charge is -2.23. The lowest BCUT2D eigenvalue weighted by Crippen LogP contribution is -2.29. The van der Waals surface area contributed by atoms with Gasteiger partial charge in [0.25, 0.3) is 0 Å². The molecule has 0 bridgehead atoms. The summed E-state index contributed by atoms with van der Waals surface area (Å²) in [5.74, 6) is 0.364. The van der Waals surface area contributed by atoms with E-state index in [4.69, 9.17) is 4.74 Å². The maximum atomic E-state index is 11.9. The summed E-state index contributed by atoms with van der Waals surface area (Å²) in [5, 5.41) is 0.678. The summed E-state index contributed by atoms with van der Waals surface area (Å²) >= 11 is 3.04. The topological polar surface area (TPSA) is 59.5 Å². The molecule has 0 fully saturated rings.